The summed E-state index contributed by atoms with van der Waals surface area (Å²) in [5.74, 6) is 1.17. The van der Waals surface area contributed by atoms with E-state index in [1.165, 1.54) is 18.1 Å². The molecule has 3 aromatic heterocycles. The summed E-state index contributed by atoms with van der Waals surface area (Å²) in [6, 6.07) is 0. The summed E-state index contributed by atoms with van der Waals surface area (Å²) in [4.78, 5) is 29.1. The van der Waals surface area contributed by atoms with Crippen molar-refractivity contribution in [2.75, 3.05) is 19.1 Å². The van der Waals surface area contributed by atoms with Gasteiger partial charge in [-0.25, -0.2) is 19.6 Å². The molecule has 9 heteroatoms. The molecule has 0 aliphatic heterocycles. The Hall–Kier alpha value is -2.97. The van der Waals surface area contributed by atoms with Gasteiger partial charge in [0.25, 0.3) is 0 Å². The van der Waals surface area contributed by atoms with Gasteiger partial charge in [0.2, 0.25) is 0 Å². The molecule has 0 aromatic carbocycles. The number of esters is 1. The van der Waals surface area contributed by atoms with Crippen molar-refractivity contribution in [3.8, 4) is 0 Å². The van der Waals surface area contributed by atoms with Crippen molar-refractivity contribution in [2.45, 2.75) is 13.1 Å². The molecule has 0 amide bonds. The molecular formula is C13H15N7O2. The Kier molecular flexibility index (Phi) is 3.69. The van der Waals surface area contributed by atoms with E-state index in [-0.39, 0.29) is 12.5 Å². The molecule has 3 rings (SSSR count). The highest BCUT2D eigenvalue weighted by Gasteiger charge is 2.15. The number of imidazole rings is 1. The zero-order chi connectivity index (χ0) is 15.5. The smallest absolute Gasteiger partial charge is 0.327 e. The molecular weight excluding hydrogens is 286 g/mol. The van der Waals surface area contributed by atoms with Gasteiger partial charge in [0, 0.05) is 19.4 Å². The molecule has 114 valence electrons. The molecule has 0 saturated carbocycles. The van der Waals surface area contributed by atoms with E-state index in [4.69, 9.17) is 0 Å². The topological polar surface area (TPSA) is 102 Å². The fourth-order valence-corrected chi connectivity index (χ4v) is 2.17. The summed E-state index contributed by atoms with van der Waals surface area (Å²) >= 11 is 0. The minimum absolute atomic E-state index is 0.0123. The van der Waals surface area contributed by atoms with Crippen LogP contribution >= 0.6 is 0 Å². The van der Waals surface area contributed by atoms with Crippen molar-refractivity contribution >= 4 is 22.8 Å². The lowest BCUT2D eigenvalue weighted by molar-refractivity contribution is -0.141. The lowest BCUT2D eigenvalue weighted by Gasteiger charge is -2.17. The maximum atomic E-state index is 11.4. The van der Waals surface area contributed by atoms with Crippen molar-refractivity contribution < 1.29 is 9.53 Å². The molecule has 1 N–H and O–H groups in total. The van der Waals surface area contributed by atoms with Gasteiger partial charge in [0.05, 0.1) is 25.2 Å². The van der Waals surface area contributed by atoms with Crippen molar-refractivity contribution in [2.24, 2.45) is 0 Å². The molecule has 0 saturated heterocycles. The predicted octanol–water partition coefficient (Wildman–Crippen LogP) is 0.359. The van der Waals surface area contributed by atoms with Crippen LogP contribution in [0.1, 0.15) is 5.82 Å². The number of carbonyl (C=O) groups excluding carboxylic acids is 1. The van der Waals surface area contributed by atoms with Crippen LogP contribution in [0, 0.1) is 0 Å². The van der Waals surface area contributed by atoms with E-state index in [0.29, 0.717) is 12.2 Å². The number of aromatic nitrogens is 6. The number of aromatic amines is 1. The summed E-state index contributed by atoms with van der Waals surface area (Å²) in [6.07, 6.45) is 6.57. The second-order valence-electron chi connectivity index (χ2n) is 4.70. The SMILES string of the molecule is COC(=O)Cn1ncc2c(N(C)Cc3ncc[nH]3)ncnc21. The predicted molar refractivity (Wildman–Crippen MR) is 78.0 cm³/mol. The first-order valence-corrected chi connectivity index (χ1v) is 6.61. The van der Waals surface area contributed by atoms with Crippen LogP contribution in [0.4, 0.5) is 5.82 Å². The van der Waals surface area contributed by atoms with Crippen molar-refractivity contribution in [3.05, 3.63) is 30.7 Å². The Morgan fingerprint density at radius 1 is 1.41 bits per heavy atom. The standard InChI is InChI=1S/C13H15N7O2/c1-19(6-10-14-3-4-15-10)12-9-5-18-20(7-11(21)22-2)13(9)17-8-16-12/h3-5,8H,6-7H2,1-2H3,(H,14,15). The molecule has 0 spiro atoms. The second-order valence-corrected chi connectivity index (χ2v) is 4.70. The highest BCUT2D eigenvalue weighted by Crippen LogP contribution is 2.22. The monoisotopic (exact) mass is 301 g/mol. The van der Waals surface area contributed by atoms with Gasteiger partial charge in [-0.1, -0.05) is 0 Å². The minimum Gasteiger partial charge on any atom is -0.468 e. The van der Waals surface area contributed by atoms with E-state index >= 15 is 0 Å². The Labute approximate surface area is 126 Å². The lowest BCUT2D eigenvalue weighted by Crippen LogP contribution is -2.19. The summed E-state index contributed by atoms with van der Waals surface area (Å²) in [5.41, 5.74) is 0.585. The van der Waals surface area contributed by atoms with Gasteiger partial charge < -0.3 is 14.6 Å². The van der Waals surface area contributed by atoms with Crippen LogP contribution in [-0.2, 0) is 22.6 Å². The zero-order valence-electron chi connectivity index (χ0n) is 12.2. The fourth-order valence-electron chi connectivity index (χ4n) is 2.17. The Morgan fingerprint density at radius 2 is 2.27 bits per heavy atom. The number of fused-ring (bicyclic) bond motifs is 1. The number of anilines is 1. The van der Waals surface area contributed by atoms with Crippen LogP contribution in [0.2, 0.25) is 0 Å². The number of ether oxygens (including phenoxy) is 1. The molecule has 0 atom stereocenters. The highest BCUT2D eigenvalue weighted by atomic mass is 16.5. The quantitative estimate of drug-likeness (QED) is 0.679. The first kappa shape index (κ1) is 14.0. The van der Waals surface area contributed by atoms with Gasteiger partial charge in [-0.05, 0) is 0 Å². The van der Waals surface area contributed by atoms with E-state index in [2.05, 4.69) is 29.8 Å². The summed E-state index contributed by atoms with van der Waals surface area (Å²) < 4.78 is 6.15. The molecule has 0 aliphatic rings. The maximum absolute atomic E-state index is 11.4. The molecule has 0 fully saturated rings. The summed E-state index contributed by atoms with van der Waals surface area (Å²) in [5, 5.41) is 4.95. The Bertz CT molecular complexity index is 781. The molecule has 3 heterocycles. The average Bonchev–Trinajstić information content (AvgIpc) is 3.17. The van der Waals surface area contributed by atoms with Gasteiger partial charge in [-0.3, -0.25) is 4.79 Å². The van der Waals surface area contributed by atoms with Gasteiger partial charge in [-0.2, -0.15) is 5.10 Å². The van der Waals surface area contributed by atoms with Crippen LogP contribution in [0.15, 0.2) is 24.9 Å². The first-order chi connectivity index (χ1) is 10.7. The Morgan fingerprint density at radius 3 is 3.00 bits per heavy atom. The van der Waals surface area contributed by atoms with Crippen molar-refractivity contribution in [3.63, 3.8) is 0 Å². The van der Waals surface area contributed by atoms with Gasteiger partial charge in [0.1, 0.15) is 24.5 Å². The van der Waals surface area contributed by atoms with Crippen LogP contribution in [0.25, 0.3) is 11.0 Å². The second kappa shape index (κ2) is 5.80. The number of H-pyrrole nitrogens is 1. The van der Waals surface area contributed by atoms with E-state index < -0.39 is 0 Å². The van der Waals surface area contributed by atoms with Crippen LogP contribution in [0.3, 0.4) is 0 Å². The zero-order valence-corrected chi connectivity index (χ0v) is 12.2. The highest BCUT2D eigenvalue weighted by molar-refractivity contribution is 5.87. The van der Waals surface area contributed by atoms with Gasteiger partial charge in [0.15, 0.2) is 5.65 Å². The van der Waals surface area contributed by atoms with Gasteiger partial charge in [-0.15, -0.1) is 0 Å². The fraction of sp³-hybridized carbons (Fsp3) is 0.308. The number of hydrogen-bond donors (Lipinski definition) is 1. The first-order valence-electron chi connectivity index (χ1n) is 6.61. The molecule has 0 unspecified atom stereocenters. The Balaban J connectivity index is 1.92. The summed E-state index contributed by atoms with van der Waals surface area (Å²) in [7, 11) is 3.24. The molecule has 9 nitrogen and oxygen atoms in total. The number of nitrogens with zero attached hydrogens (tertiary/aromatic N) is 6. The normalized spacial score (nSPS) is 10.8. The minimum atomic E-state index is -0.380. The third kappa shape index (κ3) is 2.60. The molecule has 0 aliphatic carbocycles. The van der Waals surface area contributed by atoms with Crippen LogP contribution in [0.5, 0.6) is 0 Å². The number of methoxy groups -OCH3 is 1. The molecule has 3 aromatic rings. The van der Waals surface area contributed by atoms with Gasteiger partial charge >= 0.3 is 5.97 Å². The van der Waals surface area contributed by atoms with Crippen molar-refractivity contribution in [1.29, 1.82) is 0 Å². The number of carbonyl (C=O) groups is 1. The van der Waals surface area contributed by atoms with Crippen LogP contribution < -0.4 is 4.90 Å². The average molecular weight is 301 g/mol. The number of hydrogen-bond acceptors (Lipinski definition) is 7. The lowest BCUT2D eigenvalue weighted by atomic mass is 10.3. The molecule has 0 radical (unpaired) electrons. The largest absolute Gasteiger partial charge is 0.468 e. The number of rotatable bonds is 5. The van der Waals surface area contributed by atoms with E-state index in [1.807, 2.05) is 11.9 Å². The number of nitrogens with one attached hydrogen (secondary N) is 1. The third-order valence-electron chi connectivity index (χ3n) is 3.22. The van der Waals surface area contributed by atoms with E-state index in [1.54, 1.807) is 18.6 Å². The molecule has 0 bridgehead atoms. The third-order valence-corrected chi connectivity index (χ3v) is 3.22. The van der Waals surface area contributed by atoms with E-state index in [0.717, 1.165) is 17.0 Å². The van der Waals surface area contributed by atoms with E-state index in [9.17, 15) is 4.79 Å². The van der Waals surface area contributed by atoms with Crippen LogP contribution in [-0.4, -0.2) is 49.8 Å². The summed E-state index contributed by atoms with van der Waals surface area (Å²) in [6.45, 7) is 0.583. The maximum Gasteiger partial charge on any atom is 0.327 e. The van der Waals surface area contributed by atoms with Crippen molar-refractivity contribution in [1.82, 2.24) is 29.7 Å². The molecule has 22 heavy (non-hydrogen) atoms.